The van der Waals surface area contributed by atoms with E-state index in [2.05, 4.69) is 4.83 Å². The van der Waals surface area contributed by atoms with E-state index in [0.29, 0.717) is 11.3 Å². The summed E-state index contributed by atoms with van der Waals surface area (Å²) in [6.45, 7) is 1.56. The molecule has 100 valence electrons. The van der Waals surface area contributed by atoms with Crippen molar-refractivity contribution in [3.63, 3.8) is 0 Å². The van der Waals surface area contributed by atoms with Crippen molar-refractivity contribution >= 4 is 15.7 Å². The molecule has 6 heteroatoms. The van der Waals surface area contributed by atoms with Crippen molar-refractivity contribution in [1.29, 1.82) is 0 Å². The summed E-state index contributed by atoms with van der Waals surface area (Å²) in [5, 5.41) is 1.78. The third kappa shape index (κ3) is 3.69. The van der Waals surface area contributed by atoms with Crippen molar-refractivity contribution in [3.8, 4) is 0 Å². The summed E-state index contributed by atoms with van der Waals surface area (Å²) in [7, 11) is -3.36. The van der Waals surface area contributed by atoms with Gasteiger partial charge in [0.25, 0.3) is 0 Å². The van der Waals surface area contributed by atoms with Crippen molar-refractivity contribution in [2.75, 3.05) is 18.8 Å². The van der Waals surface area contributed by atoms with E-state index in [-0.39, 0.29) is 5.75 Å². The minimum Gasteiger partial charge on any atom is -0.398 e. The molecule has 0 aliphatic carbocycles. The average Bonchev–Trinajstić information content (AvgIpc) is 2.32. The van der Waals surface area contributed by atoms with Crippen molar-refractivity contribution in [1.82, 2.24) is 9.84 Å². The number of benzene rings is 1. The maximum Gasteiger partial charge on any atom is 0.228 e. The highest BCUT2D eigenvalue weighted by Gasteiger charge is 2.18. The molecule has 0 amide bonds. The molecule has 0 unspecified atom stereocenters. The Morgan fingerprint density at radius 3 is 2.50 bits per heavy atom. The summed E-state index contributed by atoms with van der Waals surface area (Å²) in [4.78, 5) is 2.62. The number of anilines is 1. The van der Waals surface area contributed by atoms with Gasteiger partial charge in [-0.1, -0.05) is 24.6 Å². The van der Waals surface area contributed by atoms with Gasteiger partial charge in [0.15, 0.2) is 0 Å². The molecule has 3 N–H and O–H groups in total. The maximum atomic E-state index is 12.0. The number of sulfonamides is 1. The zero-order chi connectivity index (χ0) is 13.0. The van der Waals surface area contributed by atoms with Gasteiger partial charge in [-0.05, 0) is 24.5 Å². The van der Waals surface area contributed by atoms with Gasteiger partial charge in [0.05, 0.1) is 5.75 Å². The zero-order valence-corrected chi connectivity index (χ0v) is 11.1. The van der Waals surface area contributed by atoms with Crippen molar-refractivity contribution in [3.05, 3.63) is 29.8 Å². The van der Waals surface area contributed by atoms with Crippen LogP contribution in [0.2, 0.25) is 0 Å². The molecule has 1 heterocycles. The van der Waals surface area contributed by atoms with Crippen LogP contribution in [0, 0.1) is 0 Å². The number of nitrogens with zero attached hydrogens (tertiary/aromatic N) is 1. The quantitative estimate of drug-likeness (QED) is 0.802. The van der Waals surface area contributed by atoms with Gasteiger partial charge in [-0.3, -0.25) is 0 Å². The van der Waals surface area contributed by atoms with Crippen LogP contribution in [-0.4, -0.2) is 26.5 Å². The minimum atomic E-state index is -3.36. The van der Waals surface area contributed by atoms with Gasteiger partial charge in [0.2, 0.25) is 10.0 Å². The normalized spacial score (nSPS) is 17.8. The maximum absolute atomic E-state index is 12.0. The molecular weight excluding hydrogens is 250 g/mol. The topological polar surface area (TPSA) is 75.4 Å². The van der Waals surface area contributed by atoms with Crippen LogP contribution in [0.3, 0.4) is 0 Å². The Labute approximate surface area is 108 Å². The molecule has 1 saturated heterocycles. The number of hydrogen-bond donors (Lipinski definition) is 2. The van der Waals surface area contributed by atoms with Gasteiger partial charge in [-0.2, -0.15) is 0 Å². The SMILES string of the molecule is Nc1ccccc1CS(=O)(=O)NN1CCCCC1. The number of nitrogens with one attached hydrogen (secondary N) is 1. The molecule has 0 bridgehead atoms. The number of rotatable bonds is 4. The summed E-state index contributed by atoms with van der Waals surface area (Å²) >= 11 is 0. The van der Waals surface area contributed by atoms with E-state index >= 15 is 0 Å². The third-order valence-electron chi connectivity index (χ3n) is 3.02. The van der Waals surface area contributed by atoms with E-state index in [1.807, 2.05) is 0 Å². The van der Waals surface area contributed by atoms with Gasteiger partial charge in [0.1, 0.15) is 0 Å². The standard InChI is InChI=1S/C12H19N3O2S/c13-12-7-3-2-6-11(12)10-18(16,17)14-15-8-4-1-5-9-15/h2-3,6-7,14H,1,4-5,8-10,13H2. The largest absolute Gasteiger partial charge is 0.398 e. The van der Waals surface area contributed by atoms with Crippen LogP contribution in [0.4, 0.5) is 5.69 Å². The van der Waals surface area contributed by atoms with E-state index in [9.17, 15) is 8.42 Å². The second-order valence-electron chi connectivity index (χ2n) is 4.60. The molecule has 0 atom stereocenters. The average molecular weight is 269 g/mol. The number of hydrazine groups is 1. The van der Waals surface area contributed by atoms with Crippen LogP contribution in [0.25, 0.3) is 0 Å². The first-order chi connectivity index (χ1) is 8.57. The van der Waals surface area contributed by atoms with Gasteiger partial charge in [0, 0.05) is 18.8 Å². The third-order valence-corrected chi connectivity index (χ3v) is 4.25. The Morgan fingerprint density at radius 1 is 1.17 bits per heavy atom. The predicted molar refractivity (Wildman–Crippen MR) is 72.0 cm³/mol. The fraction of sp³-hybridized carbons (Fsp3) is 0.500. The van der Waals surface area contributed by atoms with Crippen LogP contribution in [-0.2, 0) is 15.8 Å². The first-order valence-electron chi connectivity index (χ1n) is 6.15. The number of piperidine rings is 1. The fourth-order valence-electron chi connectivity index (χ4n) is 2.08. The number of para-hydroxylation sites is 1. The predicted octanol–water partition coefficient (Wildman–Crippen LogP) is 1.09. The lowest BCUT2D eigenvalue weighted by molar-refractivity contribution is 0.200. The molecule has 0 spiro atoms. The first kappa shape index (κ1) is 13.3. The van der Waals surface area contributed by atoms with E-state index < -0.39 is 10.0 Å². The van der Waals surface area contributed by atoms with E-state index in [4.69, 9.17) is 5.73 Å². The molecule has 18 heavy (non-hydrogen) atoms. The second kappa shape index (κ2) is 5.69. The van der Waals surface area contributed by atoms with E-state index in [1.54, 1.807) is 29.3 Å². The van der Waals surface area contributed by atoms with E-state index in [0.717, 1.165) is 25.9 Å². The summed E-state index contributed by atoms with van der Waals surface area (Å²) in [5.41, 5.74) is 6.91. The number of hydrogen-bond acceptors (Lipinski definition) is 4. The molecule has 0 aromatic heterocycles. The summed E-state index contributed by atoms with van der Waals surface area (Å²) < 4.78 is 24.0. The molecule has 1 aliphatic heterocycles. The molecule has 5 nitrogen and oxygen atoms in total. The second-order valence-corrected chi connectivity index (χ2v) is 6.30. The number of nitrogens with two attached hydrogens (primary N) is 1. The first-order valence-corrected chi connectivity index (χ1v) is 7.80. The highest BCUT2D eigenvalue weighted by molar-refractivity contribution is 7.88. The summed E-state index contributed by atoms with van der Waals surface area (Å²) in [6, 6.07) is 7.04. The Kier molecular flexibility index (Phi) is 4.21. The number of nitrogen functional groups attached to an aromatic ring is 1. The molecule has 1 aliphatic rings. The van der Waals surface area contributed by atoms with Crippen molar-refractivity contribution in [2.24, 2.45) is 0 Å². The molecular formula is C12H19N3O2S. The Balaban J connectivity index is 2.01. The zero-order valence-electron chi connectivity index (χ0n) is 10.3. The Hall–Kier alpha value is -1.11. The van der Waals surface area contributed by atoms with Gasteiger partial charge >= 0.3 is 0 Å². The van der Waals surface area contributed by atoms with Crippen LogP contribution < -0.4 is 10.6 Å². The molecule has 0 radical (unpaired) electrons. The lowest BCUT2D eigenvalue weighted by Gasteiger charge is -2.26. The van der Waals surface area contributed by atoms with Gasteiger partial charge < -0.3 is 5.73 Å². The molecule has 1 aromatic rings. The minimum absolute atomic E-state index is 0.0732. The Morgan fingerprint density at radius 2 is 1.83 bits per heavy atom. The van der Waals surface area contributed by atoms with Gasteiger partial charge in [-0.15, -0.1) is 4.83 Å². The monoisotopic (exact) mass is 269 g/mol. The smallest absolute Gasteiger partial charge is 0.228 e. The highest BCUT2D eigenvalue weighted by atomic mass is 32.2. The lowest BCUT2D eigenvalue weighted by Crippen LogP contribution is -2.45. The van der Waals surface area contributed by atoms with Crippen LogP contribution in [0.5, 0.6) is 0 Å². The van der Waals surface area contributed by atoms with Crippen LogP contribution in [0.15, 0.2) is 24.3 Å². The fourth-order valence-corrected chi connectivity index (χ4v) is 3.40. The van der Waals surface area contributed by atoms with Crippen LogP contribution in [0.1, 0.15) is 24.8 Å². The summed E-state index contributed by atoms with van der Waals surface area (Å²) in [5.74, 6) is -0.0732. The summed E-state index contributed by atoms with van der Waals surface area (Å²) in [6.07, 6.45) is 3.25. The van der Waals surface area contributed by atoms with Gasteiger partial charge in [-0.25, -0.2) is 13.4 Å². The Bertz CT molecular complexity index is 496. The molecule has 2 rings (SSSR count). The van der Waals surface area contributed by atoms with Crippen molar-refractivity contribution < 1.29 is 8.42 Å². The van der Waals surface area contributed by atoms with E-state index in [1.165, 1.54) is 6.42 Å². The highest BCUT2D eigenvalue weighted by Crippen LogP contribution is 2.14. The molecule has 0 saturated carbocycles. The molecule has 1 aromatic carbocycles. The van der Waals surface area contributed by atoms with Crippen LogP contribution >= 0.6 is 0 Å². The lowest BCUT2D eigenvalue weighted by atomic mass is 10.2. The molecule has 1 fully saturated rings. The van der Waals surface area contributed by atoms with Crippen molar-refractivity contribution in [2.45, 2.75) is 25.0 Å².